The monoisotopic (exact) mass is 306 g/mol. The van der Waals surface area contributed by atoms with Crippen LogP contribution in [0.2, 0.25) is 0 Å². The summed E-state index contributed by atoms with van der Waals surface area (Å²) < 4.78 is 18.6. The Hall–Kier alpha value is -3.21. The molecule has 4 nitrogen and oxygen atoms in total. The number of hydrogen-bond donors (Lipinski definition) is 1. The number of hydrogen-bond acceptors (Lipinski definition) is 3. The molecule has 1 N–H and O–H groups in total. The van der Waals surface area contributed by atoms with Gasteiger partial charge in [0.25, 0.3) is 5.91 Å². The Balaban J connectivity index is 1.76. The number of anilines is 1. The molecule has 5 heteroatoms. The topological polar surface area (TPSA) is 55.1 Å². The molecule has 0 fully saturated rings. The largest absolute Gasteiger partial charge is 0.351 e. The molecule has 0 aliphatic carbocycles. The normalized spacial score (nSPS) is 11.0. The minimum absolute atomic E-state index is 0.0284. The van der Waals surface area contributed by atoms with Crippen molar-refractivity contribution in [1.82, 2.24) is 5.16 Å². The van der Waals surface area contributed by atoms with Crippen molar-refractivity contribution < 1.29 is 13.7 Å². The van der Waals surface area contributed by atoms with Gasteiger partial charge in [-0.1, -0.05) is 47.6 Å². The first kappa shape index (κ1) is 13.5. The van der Waals surface area contributed by atoms with Crippen molar-refractivity contribution in [2.75, 3.05) is 5.32 Å². The summed E-state index contributed by atoms with van der Waals surface area (Å²) in [4.78, 5) is 12.6. The Labute approximate surface area is 130 Å². The fourth-order valence-electron chi connectivity index (χ4n) is 2.62. The van der Waals surface area contributed by atoms with Gasteiger partial charge >= 0.3 is 0 Å². The van der Waals surface area contributed by atoms with Gasteiger partial charge in [-0.3, -0.25) is 4.79 Å². The zero-order chi connectivity index (χ0) is 15.8. The van der Waals surface area contributed by atoms with E-state index in [2.05, 4.69) is 10.5 Å². The maximum Gasteiger partial charge on any atom is 0.257 e. The minimum atomic E-state index is -0.513. The Bertz CT molecular complexity index is 1030. The molecular formula is C18H11FN2O2. The van der Waals surface area contributed by atoms with Crippen molar-refractivity contribution in [3.05, 3.63) is 72.0 Å². The first-order valence-electron chi connectivity index (χ1n) is 7.07. The zero-order valence-corrected chi connectivity index (χ0v) is 11.9. The molecule has 1 heterocycles. The van der Waals surface area contributed by atoms with E-state index in [9.17, 15) is 9.18 Å². The second-order valence-corrected chi connectivity index (χ2v) is 5.13. The number of halogens is 1. The van der Waals surface area contributed by atoms with Crippen molar-refractivity contribution in [2.24, 2.45) is 0 Å². The summed E-state index contributed by atoms with van der Waals surface area (Å²) in [6, 6.07) is 17.6. The summed E-state index contributed by atoms with van der Waals surface area (Å²) in [5.41, 5.74) is 0.552. The van der Waals surface area contributed by atoms with Crippen molar-refractivity contribution in [3.63, 3.8) is 0 Å². The molecule has 0 radical (unpaired) electrons. The lowest BCUT2D eigenvalue weighted by Crippen LogP contribution is -2.12. The lowest BCUT2D eigenvalue weighted by Gasteiger charge is -2.06. The van der Waals surface area contributed by atoms with E-state index in [0.29, 0.717) is 10.9 Å². The van der Waals surface area contributed by atoms with E-state index in [0.717, 1.165) is 10.8 Å². The number of carbonyl (C=O) groups excluding carboxylic acids is 1. The van der Waals surface area contributed by atoms with Crippen LogP contribution in [0.3, 0.4) is 0 Å². The maximum absolute atomic E-state index is 13.6. The van der Waals surface area contributed by atoms with Gasteiger partial charge in [-0.15, -0.1) is 0 Å². The number of fused-ring (bicyclic) bond motifs is 2. The van der Waals surface area contributed by atoms with E-state index in [1.807, 2.05) is 36.4 Å². The van der Waals surface area contributed by atoms with Crippen LogP contribution in [0, 0.1) is 5.82 Å². The summed E-state index contributed by atoms with van der Waals surface area (Å²) in [6.07, 6.45) is 0. The Morgan fingerprint density at radius 3 is 2.61 bits per heavy atom. The van der Waals surface area contributed by atoms with Gasteiger partial charge < -0.3 is 9.84 Å². The van der Waals surface area contributed by atoms with Crippen LogP contribution >= 0.6 is 0 Å². The highest BCUT2D eigenvalue weighted by molar-refractivity contribution is 6.14. The SMILES string of the molecule is O=C(Nc1noc2c(F)cccc12)c1cccc2ccccc12. The molecule has 0 spiro atoms. The van der Waals surface area contributed by atoms with Gasteiger partial charge in [-0.05, 0) is 29.0 Å². The molecule has 0 saturated carbocycles. The van der Waals surface area contributed by atoms with E-state index < -0.39 is 5.82 Å². The van der Waals surface area contributed by atoms with Crippen LogP contribution in [0.25, 0.3) is 21.7 Å². The van der Waals surface area contributed by atoms with Crippen molar-refractivity contribution in [2.45, 2.75) is 0 Å². The second-order valence-electron chi connectivity index (χ2n) is 5.13. The Kier molecular flexibility index (Phi) is 3.05. The van der Waals surface area contributed by atoms with Crippen LogP contribution in [0.5, 0.6) is 0 Å². The number of carbonyl (C=O) groups is 1. The van der Waals surface area contributed by atoms with Gasteiger partial charge in [0, 0.05) is 5.56 Å². The summed E-state index contributed by atoms with van der Waals surface area (Å²) in [5.74, 6) is -0.626. The van der Waals surface area contributed by atoms with Gasteiger partial charge in [0.2, 0.25) is 5.58 Å². The predicted molar refractivity (Wildman–Crippen MR) is 85.9 cm³/mol. The second kappa shape index (κ2) is 5.21. The zero-order valence-electron chi connectivity index (χ0n) is 11.9. The van der Waals surface area contributed by atoms with Crippen molar-refractivity contribution >= 4 is 33.5 Å². The van der Waals surface area contributed by atoms with E-state index in [1.165, 1.54) is 6.07 Å². The molecule has 0 atom stereocenters. The van der Waals surface area contributed by atoms with Gasteiger partial charge in [0.1, 0.15) is 0 Å². The van der Waals surface area contributed by atoms with E-state index >= 15 is 0 Å². The summed E-state index contributed by atoms with van der Waals surface area (Å²) in [6.45, 7) is 0. The molecule has 0 bridgehead atoms. The summed E-state index contributed by atoms with van der Waals surface area (Å²) in [5, 5.41) is 8.68. The fourth-order valence-corrected chi connectivity index (χ4v) is 2.62. The highest BCUT2D eigenvalue weighted by Gasteiger charge is 2.16. The molecule has 3 aromatic carbocycles. The number of aromatic nitrogens is 1. The number of benzene rings is 3. The number of nitrogens with one attached hydrogen (secondary N) is 1. The standard InChI is InChI=1S/C18H11FN2O2/c19-15-10-4-9-14-16(15)23-21-17(14)20-18(22)13-8-3-6-11-5-1-2-7-12(11)13/h1-10H,(H,20,21,22). The predicted octanol–water partition coefficient (Wildman–Crippen LogP) is 4.37. The molecule has 4 aromatic rings. The van der Waals surface area contributed by atoms with Crippen LogP contribution in [-0.2, 0) is 0 Å². The number of nitrogens with zero attached hydrogens (tertiary/aromatic N) is 1. The van der Waals surface area contributed by atoms with Gasteiger partial charge in [-0.2, -0.15) is 0 Å². The van der Waals surface area contributed by atoms with E-state index in [1.54, 1.807) is 18.2 Å². The van der Waals surface area contributed by atoms with Crippen LogP contribution < -0.4 is 5.32 Å². The maximum atomic E-state index is 13.6. The van der Waals surface area contributed by atoms with Gasteiger partial charge in [0.05, 0.1) is 5.39 Å². The first-order valence-corrected chi connectivity index (χ1v) is 7.07. The van der Waals surface area contributed by atoms with Crippen molar-refractivity contribution in [3.8, 4) is 0 Å². The molecule has 0 aliphatic heterocycles. The molecule has 0 aliphatic rings. The van der Waals surface area contributed by atoms with Gasteiger partial charge in [-0.25, -0.2) is 4.39 Å². The molecule has 23 heavy (non-hydrogen) atoms. The average molecular weight is 306 g/mol. The third-order valence-corrected chi connectivity index (χ3v) is 3.72. The van der Waals surface area contributed by atoms with Gasteiger partial charge in [0.15, 0.2) is 11.6 Å². The number of rotatable bonds is 2. The molecular weight excluding hydrogens is 295 g/mol. The van der Waals surface area contributed by atoms with Crippen LogP contribution in [-0.4, -0.2) is 11.1 Å². The molecule has 1 aromatic heterocycles. The smallest absolute Gasteiger partial charge is 0.257 e. The Morgan fingerprint density at radius 1 is 0.957 bits per heavy atom. The highest BCUT2D eigenvalue weighted by atomic mass is 19.1. The summed E-state index contributed by atoms with van der Waals surface area (Å²) in [7, 11) is 0. The molecule has 112 valence electrons. The van der Waals surface area contributed by atoms with Crippen LogP contribution in [0.4, 0.5) is 10.2 Å². The highest BCUT2D eigenvalue weighted by Crippen LogP contribution is 2.26. The number of amides is 1. The summed E-state index contributed by atoms with van der Waals surface area (Å²) >= 11 is 0. The third kappa shape index (κ3) is 2.23. The van der Waals surface area contributed by atoms with E-state index in [-0.39, 0.29) is 17.3 Å². The molecule has 0 saturated heterocycles. The quantitative estimate of drug-likeness (QED) is 0.598. The average Bonchev–Trinajstić information content (AvgIpc) is 2.99. The molecule has 1 amide bonds. The fraction of sp³-hybridized carbons (Fsp3) is 0. The third-order valence-electron chi connectivity index (χ3n) is 3.72. The first-order chi connectivity index (χ1) is 11.2. The molecule has 0 unspecified atom stereocenters. The lowest BCUT2D eigenvalue weighted by atomic mass is 10.0. The van der Waals surface area contributed by atoms with E-state index in [4.69, 9.17) is 4.52 Å². The van der Waals surface area contributed by atoms with Crippen molar-refractivity contribution in [1.29, 1.82) is 0 Å². The number of para-hydroxylation sites is 1. The van der Waals surface area contributed by atoms with Crippen LogP contribution in [0.1, 0.15) is 10.4 Å². The minimum Gasteiger partial charge on any atom is -0.351 e. The van der Waals surface area contributed by atoms with Crippen LogP contribution in [0.15, 0.2) is 65.2 Å². The molecule has 4 rings (SSSR count). The lowest BCUT2D eigenvalue weighted by molar-refractivity contribution is 0.102. The Morgan fingerprint density at radius 2 is 1.70 bits per heavy atom.